The van der Waals surface area contributed by atoms with E-state index in [1.807, 2.05) is 19.1 Å². The van der Waals surface area contributed by atoms with E-state index in [2.05, 4.69) is 39.2 Å². The summed E-state index contributed by atoms with van der Waals surface area (Å²) in [4.78, 5) is 9.43. The Morgan fingerprint density at radius 1 is 1.24 bits per heavy atom. The minimum atomic E-state index is 0. The Kier molecular flexibility index (Phi) is 10.7. The van der Waals surface area contributed by atoms with Gasteiger partial charge >= 0.3 is 0 Å². The fourth-order valence-electron chi connectivity index (χ4n) is 2.69. The van der Waals surface area contributed by atoms with Crippen LogP contribution in [0.4, 0.5) is 0 Å². The summed E-state index contributed by atoms with van der Waals surface area (Å²) in [6.07, 6.45) is 0. The molecular formula is C18H30ClIN4O. The summed E-state index contributed by atoms with van der Waals surface area (Å²) in [7, 11) is 0. The highest BCUT2D eigenvalue weighted by Gasteiger charge is 2.19. The molecule has 1 aromatic rings. The lowest BCUT2D eigenvalue weighted by atomic mass is 10.2. The van der Waals surface area contributed by atoms with Gasteiger partial charge in [0.15, 0.2) is 5.96 Å². The van der Waals surface area contributed by atoms with Crippen molar-refractivity contribution in [3.63, 3.8) is 0 Å². The zero-order valence-electron chi connectivity index (χ0n) is 15.1. The summed E-state index contributed by atoms with van der Waals surface area (Å²) in [5.41, 5.74) is 1.30. The van der Waals surface area contributed by atoms with Gasteiger partial charge in [-0.1, -0.05) is 30.7 Å². The average molecular weight is 481 g/mol. The van der Waals surface area contributed by atoms with Crippen molar-refractivity contribution in [3.8, 4) is 0 Å². The van der Waals surface area contributed by atoms with Crippen molar-refractivity contribution in [2.75, 3.05) is 45.9 Å². The van der Waals surface area contributed by atoms with Gasteiger partial charge in [0, 0.05) is 57.4 Å². The molecule has 1 unspecified atom stereocenters. The van der Waals surface area contributed by atoms with Crippen LogP contribution >= 0.6 is 35.6 Å². The number of hydrogen-bond acceptors (Lipinski definition) is 3. The van der Waals surface area contributed by atoms with Crippen LogP contribution in [-0.2, 0) is 6.54 Å². The molecule has 7 heteroatoms. The van der Waals surface area contributed by atoms with Gasteiger partial charge in [0.05, 0.1) is 0 Å². The van der Waals surface area contributed by atoms with Crippen LogP contribution < -0.4 is 5.32 Å². The van der Waals surface area contributed by atoms with Crippen molar-refractivity contribution in [2.45, 2.75) is 20.4 Å². The molecule has 0 amide bonds. The molecule has 2 N–H and O–H groups in total. The van der Waals surface area contributed by atoms with E-state index in [0.29, 0.717) is 6.54 Å². The summed E-state index contributed by atoms with van der Waals surface area (Å²) < 4.78 is 0. The molecule has 1 aromatic carbocycles. The number of benzene rings is 1. The molecule has 1 aliphatic heterocycles. The lowest BCUT2D eigenvalue weighted by Gasteiger charge is -2.36. The van der Waals surface area contributed by atoms with Crippen LogP contribution in [0, 0.1) is 5.92 Å². The molecule has 25 heavy (non-hydrogen) atoms. The summed E-state index contributed by atoms with van der Waals surface area (Å²) in [6, 6.07) is 8.09. The lowest BCUT2D eigenvalue weighted by Crippen LogP contribution is -2.52. The Hall–Kier alpha value is -0.570. The van der Waals surface area contributed by atoms with Crippen molar-refractivity contribution in [2.24, 2.45) is 10.9 Å². The maximum Gasteiger partial charge on any atom is 0.194 e. The zero-order chi connectivity index (χ0) is 17.4. The number of rotatable bonds is 6. The molecular weight excluding hydrogens is 451 g/mol. The van der Waals surface area contributed by atoms with E-state index >= 15 is 0 Å². The SMILES string of the molecule is CCNC(=NCC(C)CO)N1CCN(Cc2ccc(Cl)cc2)CC1.I. The molecule has 1 saturated heterocycles. The highest BCUT2D eigenvalue weighted by atomic mass is 127. The van der Waals surface area contributed by atoms with Crippen LogP contribution in [0.1, 0.15) is 19.4 Å². The quantitative estimate of drug-likeness (QED) is 0.373. The first kappa shape index (κ1) is 22.5. The monoisotopic (exact) mass is 480 g/mol. The van der Waals surface area contributed by atoms with E-state index in [4.69, 9.17) is 16.7 Å². The number of aliphatic imine (C=N–C) groups is 1. The van der Waals surface area contributed by atoms with E-state index in [1.54, 1.807) is 0 Å². The zero-order valence-corrected chi connectivity index (χ0v) is 18.2. The fraction of sp³-hybridized carbons (Fsp3) is 0.611. The van der Waals surface area contributed by atoms with Crippen LogP contribution in [0.2, 0.25) is 5.02 Å². The number of aliphatic hydroxyl groups excluding tert-OH is 1. The first-order valence-corrected chi connectivity index (χ1v) is 9.11. The van der Waals surface area contributed by atoms with Gasteiger partial charge in [0.1, 0.15) is 0 Å². The van der Waals surface area contributed by atoms with Crippen LogP contribution in [0.25, 0.3) is 0 Å². The third-order valence-electron chi connectivity index (χ3n) is 4.19. The second kappa shape index (κ2) is 11.9. The van der Waals surface area contributed by atoms with E-state index in [9.17, 15) is 0 Å². The third kappa shape index (κ3) is 7.68. The smallest absolute Gasteiger partial charge is 0.194 e. The standard InChI is InChI=1S/C18H29ClN4O.HI/c1-3-20-18(21-12-15(2)14-24)23-10-8-22(9-11-23)13-16-4-6-17(19)7-5-16;/h4-7,15,24H,3,8-14H2,1-2H3,(H,20,21);1H. The van der Waals surface area contributed by atoms with Crippen molar-refractivity contribution in [3.05, 3.63) is 34.9 Å². The first-order valence-electron chi connectivity index (χ1n) is 8.73. The van der Waals surface area contributed by atoms with Gasteiger partial charge < -0.3 is 15.3 Å². The van der Waals surface area contributed by atoms with Crippen LogP contribution in [0.3, 0.4) is 0 Å². The molecule has 142 valence electrons. The van der Waals surface area contributed by atoms with Crippen LogP contribution in [-0.4, -0.2) is 66.7 Å². The number of piperazine rings is 1. The molecule has 2 rings (SSSR count). The fourth-order valence-corrected chi connectivity index (χ4v) is 2.82. The van der Waals surface area contributed by atoms with Gasteiger partial charge in [0.2, 0.25) is 0 Å². The van der Waals surface area contributed by atoms with E-state index in [0.717, 1.165) is 50.3 Å². The number of aliphatic hydroxyl groups is 1. The maximum absolute atomic E-state index is 9.16. The molecule has 0 bridgehead atoms. The Balaban J connectivity index is 0.00000312. The van der Waals surface area contributed by atoms with Gasteiger partial charge in [-0.25, -0.2) is 0 Å². The predicted octanol–water partition coefficient (Wildman–Crippen LogP) is 2.67. The van der Waals surface area contributed by atoms with E-state index < -0.39 is 0 Å². The average Bonchev–Trinajstić information content (AvgIpc) is 2.61. The molecule has 1 heterocycles. The van der Waals surface area contributed by atoms with E-state index in [1.165, 1.54) is 5.56 Å². The van der Waals surface area contributed by atoms with Gasteiger partial charge in [0.25, 0.3) is 0 Å². The second-order valence-electron chi connectivity index (χ2n) is 6.37. The van der Waals surface area contributed by atoms with Crippen LogP contribution in [0.15, 0.2) is 29.3 Å². The van der Waals surface area contributed by atoms with Gasteiger partial charge in [-0.15, -0.1) is 24.0 Å². The van der Waals surface area contributed by atoms with Gasteiger partial charge in [-0.05, 0) is 30.5 Å². The normalized spacial score (nSPS) is 17.1. The van der Waals surface area contributed by atoms with Gasteiger partial charge in [-0.3, -0.25) is 9.89 Å². The molecule has 0 spiro atoms. The van der Waals surface area contributed by atoms with Crippen molar-refractivity contribution in [1.29, 1.82) is 0 Å². The first-order chi connectivity index (χ1) is 11.6. The lowest BCUT2D eigenvalue weighted by molar-refractivity contribution is 0.172. The summed E-state index contributed by atoms with van der Waals surface area (Å²) in [5.74, 6) is 1.16. The van der Waals surface area contributed by atoms with E-state index in [-0.39, 0.29) is 36.5 Å². The summed E-state index contributed by atoms with van der Waals surface area (Å²) in [6.45, 7) is 10.7. The van der Waals surface area contributed by atoms with Crippen LogP contribution in [0.5, 0.6) is 0 Å². The number of hydrogen-bond donors (Lipinski definition) is 2. The van der Waals surface area contributed by atoms with Crippen molar-refractivity contribution in [1.82, 2.24) is 15.1 Å². The number of halogens is 2. The minimum Gasteiger partial charge on any atom is -0.396 e. The molecule has 0 saturated carbocycles. The number of nitrogens with one attached hydrogen (secondary N) is 1. The molecule has 1 atom stereocenters. The topological polar surface area (TPSA) is 51.1 Å². The van der Waals surface area contributed by atoms with Gasteiger partial charge in [-0.2, -0.15) is 0 Å². The Labute approximate surface area is 173 Å². The minimum absolute atomic E-state index is 0. The third-order valence-corrected chi connectivity index (χ3v) is 4.44. The highest BCUT2D eigenvalue weighted by molar-refractivity contribution is 14.0. The Bertz CT molecular complexity index is 518. The second-order valence-corrected chi connectivity index (χ2v) is 6.81. The maximum atomic E-state index is 9.16. The largest absolute Gasteiger partial charge is 0.396 e. The summed E-state index contributed by atoms with van der Waals surface area (Å²) in [5, 5.41) is 13.3. The summed E-state index contributed by atoms with van der Waals surface area (Å²) >= 11 is 5.94. The molecule has 5 nitrogen and oxygen atoms in total. The highest BCUT2D eigenvalue weighted by Crippen LogP contribution is 2.13. The molecule has 1 fully saturated rings. The molecule has 1 aliphatic rings. The van der Waals surface area contributed by atoms with Crippen molar-refractivity contribution < 1.29 is 5.11 Å². The Morgan fingerprint density at radius 2 is 1.88 bits per heavy atom. The predicted molar refractivity (Wildman–Crippen MR) is 116 cm³/mol. The Morgan fingerprint density at radius 3 is 2.44 bits per heavy atom. The molecule has 0 aromatic heterocycles. The molecule has 0 aliphatic carbocycles. The molecule has 0 radical (unpaired) electrons. The number of nitrogens with zero attached hydrogens (tertiary/aromatic N) is 3. The van der Waals surface area contributed by atoms with Crippen molar-refractivity contribution >= 4 is 41.5 Å². The number of guanidine groups is 1.